The molecule has 1 amide bonds. The lowest BCUT2D eigenvalue weighted by atomic mass is 9.86. The summed E-state index contributed by atoms with van der Waals surface area (Å²) in [5.74, 6) is -0.821. The summed E-state index contributed by atoms with van der Waals surface area (Å²) in [6, 6.07) is 13.0. The maximum atomic E-state index is 14.5. The van der Waals surface area contributed by atoms with Crippen molar-refractivity contribution in [2.45, 2.75) is 38.0 Å². The monoisotopic (exact) mass is 488 g/mol. The quantitative estimate of drug-likeness (QED) is 0.534. The second-order valence-electron chi connectivity index (χ2n) is 10.2. The van der Waals surface area contributed by atoms with Gasteiger partial charge in [-0.2, -0.15) is 0 Å². The number of pyridine rings is 2. The topological polar surface area (TPSA) is 87.5 Å². The summed E-state index contributed by atoms with van der Waals surface area (Å²) < 4.78 is 16.2. The Labute approximate surface area is 208 Å². The standard InChI is InChI=1S/C28H29FN4O3/c29-22-6-2-1-5-19(22)20-9-10-23-26-25(27(35)31-13-17-7-8-17)21(16-34)24(15-33(23)28(20)36)32(26)14-18-4-3-11-30-12-18/h1-6,9-12,17,21,24-26,34H,7-8,13-16H2,(H,31,35)/t21-,24-,25+,26+/m1/s1. The molecule has 1 saturated carbocycles. The van der Waals surface area contributed by atoms with Crippen molar-refractivity contribution in [1.29, 1.82) is 0 Å². The number of nitrogens with zero attached hydrogens (tertiary/aromatic N) is 3. The predicted molar refractivity (Wildman–Crippen MR) is 132 cm³/mol. The first-order chi connectivity index (χ1) is 17.6. The van der Waals surface area contributed by atoms with Gasteiger partial charge < -0.3 is 15.0 Å². The maximum Gasteiger partial charge on any atom is 0.258 e. The lowest BCUT2D eigenvalue weighted by Gasteiger charge is -2.38. The van der Waals surface area contributed by atoms with Crippen molar-refractivity contribution in [2.75, 3.05) is 13.2 Å². The largest absolute Gasteiger partial charge is 0.396 e. The Hall–Kier alpha value is -3.36. The summed E-state index contributed by atoms with van der Waals surface area (Å²) >= 11 is 0. The molecule has 3 aromatic rings. The van der Waals surface area contributed by atoms with E-state index in [2.05, 4.69) is 15.2 Å². The predicted octanol–water partition coefficient (Wildman–Crippen LogP) is 2.74. The molecule has 0 radical (unpaired) electrons. The normalized spacial score (nSPS) is 24.9. The number of hydrogen-bond donors (Lipinski definition) is 2. The molecule has 36 heavy (non-hydrogen) atoms. The molecule has 6 rings (SSSR count). The molecule has 2 aromatic heterocycles. The molecular formula is C28H29FN4O3. The third-order valence-electron chi connectivity index (χ3n) is 7.99. The van der Waals surface area contributed by atoms with E-state index in [1.54, 1.807) is 41.2 Å². The van der Waals surface area contributed by atoms with E-state index in [-0.39, 0.29) is 41.6 Å². The van der Waals surface area contributed by atoms with E-state index >= 15 is 0 Å². The van der Waals surface area contributed by atoms with Gasteiger partial charge in [-0.15, -0.1) is 0 Å². The molecule has 1 aliphatic carbocycles. The van der Waals surface area contributed by atoms with Crippen LogP contribution in [-0.2, 0) is 17.9 Å². The van der Waals surface area contributed by atoms with Gasteiger partial charge in [-0.05, 0) is 48.6 Å². The van der Waals surface area contributed by atoms with E-state index in [0.29, 0.717) is 31.1 Å². The summed E-state index contributed by atoms with van der Waals surface area (Å²) in [6.07, 6.45) is 5.78. The van der Waals surface area contributed by atoms with Gasteiger partial charge in [0.2, 0.25) is 5.91 Å². The summed E-state index contributed by atoms with van der Waals surface area (Å²) in [5, 5.41) is 13.6. The SMILES string of the molecule is O=C(NCC1CC1)[C@H]1[C@H](CO)[C@H]2Cn3c(ccc(-c4ccccc4F)c3=O)[C@@H]1N2Cc1cccnc1. The van der Waals surface area contributed by atoms with Crippen LogP contribution in [0.1, 0.15) is 30.1 Å². The van der Waals surface area contributed by atoms with Crippen LogP contribution in [-0.4, -0.2) is 44.7 Å². The number of aromatic nitrogens is 2. The number of aliphatic hydroxyl groups is 1. The van der Waals surface area contributed by atoms with Gasteiger partial charge in [0.1, 0.15) is 5.82 Å². The van der Waals surface area contributed by atoms with Gasteiger partial charge in [-0.3, -0.25) is 19.5 Å². The second-order valence-corrected chi connectivity index (χ2v) is 10.2. The number of halogens is 1. The van der Waals surface area contributed by atoms with Gasteiger partial charge >= 0.3 is 0 Å². The molecule has 8 heteroatoms. The van der Waals surface area contributed by atoms with Gasteiger partial charge in [0.05, 0.1) is 17.5 Å². The van der Waals surface area contributed by atoms with Crippen molar-refractivity contribution in [2.24, 2.45) is 17.8 Å². The van der Waals surface area contributed by atoms with Gasteiger partial charge in [-0.25, -0.2) is 4.39 Å². The van der Waals surface area contributed by atoms with E-state index in [1.165, 1.54) is 6.07 Å². The Morgan fingerprint density at radius 2 is 1.94 bits per heavy atom. The van der Waals surface area contributed by atoms with Crippen molar-refractivity contribution in [3.8, 4) is 11.1 Å². The lowest BCUT2D eigenvalue weighted by Crippen LogP contribution is -2.46. The Morgan fingerprint density at radius 3 is 2.67 bits per heavy atom. The van der Waals surface area contributed by atoms with E-state index in [4.69, 9.17) is 0 Å². The first-order valence-corrected chi connectivity index (χ1v) is 12.6. The molecule has 4 atom stereocenters. The molecule has 3 aliphatic rings. The minimum atomic E-state index is -0.497. The number of hydrogen-bond acceptors (Lipinski definition) is 5. The number of aliphatic hydroxyl groups excluding tert-OH is 1. The zero-order valence-corrected chi connectivity index (χ0v) is 19.9. The first kappa shape index (κ1) is 23.1. The molecule has 2 N–H and O–H groups in total. The first-order valence-electron chi connectivity index (χ1n) is 12.6. The molecule has 186 valence electrons. The Bertz CT molecular complexity index is 1340. The smallest absolute Gasteiger partial charge is 0.258 e. The van der Waals surface area contributed by atoms with Crippen LogP contribution in [0.15, 0.2) is 65.7 Å². The van der Waals surface area contributed by atoms with Gasteiger partial charge in [-0.1, -0.05) is 24.3 Å². The van der Waals surface area contributed by atoms with Crippen LogP contribution in [0.2, 0.25) is 0 Å². The molecule has 0 unspecified atom stereocenters. The van der Waals surface area contributed by atoms with Crippen molar-refractivity contribution in [3.05, 3.63) is 88.4 Å². The molecular weight excluding hydrogens is 459 g/mol. The van der Waals surface area contributed by atoms with E-state index in [9.17, 15) is 19.1 Å². The average Bonchev–Trinajstić information content (AvgIpc) is 3.69. The van der Waals surface area contributed by atoms with Gasteiger partial charge in [0.25, 0.3) is 5.56 Å². The third kappa shape index (κ3) is 3.94. The maximum absolute atomic E-state index is 14.5. The number of carbonyl (C=O) groups excluding carboxylic acids is 1. The summed E-state index contributed by atoms with van der Waals surface area (Å²) in [5.41, 5.74) is 2.02. The van der Waals surface area contributed by atoms with E-state index in [0.717, 1.165) is 24.1 Å². The molecule has 2 aliphatic heterocycles. The van der Waals surface area contributed by atoms with Crippen molar-refractivity contribution < 1.29 is 14.3 Å². The highest BCUT2D eigenvalue weighted by molar-refractivity contribution is 5.81. The highest BCUT2D eigenvalue weighted by Crippen LogP contribution is 2.49. The average molecular weight is 489 g/mol. The second kappa shape index (κ2) is 9.26. The van der Waals surface area contributed by atoms with Crippen LogP contribution in [0.5, 0.6) is 0 Å². The minimum Gasteiger partial charge on any atom is -0.396 e. The zero-order valence-electron chi connectivity index (χ0n) is 19.9. The van der Waals surface area contributed by atoms with Crippen molar-refractivity contribution in [1.82, 2.24) is 19.8 Å². The highest BCUT2D eigenvalue weighted by Gasteiger charge is 2.55. The number of fused-ring (bicyclic) bond motifs is 4. The molecule has 2 fully saturated rings. The van der Waals surface area contributed by atoms with Gasteiger partial charge in [0, 0.05) is 61.9 Å². The Balaban J connectivity index is 1.44. The lowest BCUT2D eigenvalue weighted by molar-refractivity contribution is -0.127. The highest BCUT2D eigenvalue weighted by atomic mass is 19.1. The number of benzene rings is 1. The van der Waals surface area contributed by atoms with E-state index in [1.807, 2.05) is 18.2 Å². The molecule has 4 heterocycles. The van der Waals surface area contributed by atoms with Crippen LogP contribution >= 0.6 is 0 Å². The number of rotatable bonds is 7. The zero-order chi connectivity index (χ0) is 24.8. The summed E-state index contributed by atoms with van der Waals surface area (Å²) in [4.78, 5) is 33.6. The summed E-state index contributed by atoms with van der Waals surface area (Å²) in [6.45, 7) is 1.36. The van der Waals surface area contributed by atoms with Crippen LogP contribution in [0.25, 0.3) is 11.1 Å². The van der Waals surface area contributed by atoms with Crippen molar-refractivity contribution in [3.63, 3.8) is 0 Å². The molecule has 1 aromatic carbocycles. The van der Waals surface area contributed by atoms with Crippen LogP contribution in [0.4, 0.5) is 4.39 Å². The Kier molecular flexibility index (Phi) is 5.93. The number of nitrogens with one attached hydrogen (secondary N) is 1. The minimum absolute atomic E-state index is 0.0799. The fraction of sp³-hybridized carbons (Fsp3) is 0.393. The summed E-state index contributed by atoms with van der Waals surface area (Å²) in [7, 11) is 0. The molecule has 2 bridgehead atoms. The van der Waals surface area contributed by atoms with Crippen LogP contribution in [0.3, 0.4) is 0 Å². The number of carbonyl (C=O) groups is 1. The van der Waals surface area contributed by atoms with E-state index < -0.39 is 11.7 Å². The Morgan fingerprint density at radius 1 is 1.11 bits per heavy atom. The van der Waals surface area contributed by atoms with Crippen LogP contribution in [0, 0.1) is 23.6 Å². The fourth-order valence-corrected chi connectivity index (χ4v) is 6.01. The third-order valence-corrected chi connectivity index (χ3v) is 7.99. The number of amides is 1. The van der Waals surface area contributed by atoms with Gasteiger partial charge in [0.15, 0.2) is 0 Å². The molecule has 0 spiro atoms. The molecule has 1 saturated heterocycles. The van der Waals surface area contributed by atoms with Crippen molar-refractivity contribution >= 4 is 5.91 Å². The fourth-order valence-electron chi connectivity index (χ4n) is 6.01. The van der Waals surface area contributed by atoms with Crippen LogP contribution < -0.4 is 10.9 Å². The molecule has 7 nitrogen and oxygen atoms in total.